The first-order valence-electron chi connectivity index (χ1n) is 7.78. The van der Waals surface area contributed by atoms with Crippen LogP contribution in [0.4, 0.5) is 5.69 Å². The number of ether oxygens (including phenoxy) is 1. The van der Waals surface area contributed by atoms with E-state index in [4.69, 9.17) is 4.74 Å². The van der Waals surface area contributed by atoms with Crippen molar-refractivity contribution < 1.29 is 14.3 Å². The van der Waals surface area contributed by atoms with Gasteiger partial charge in [0, 0.05) is 18.1 Å². The fourth-order valence-corrected chi connectivity index (χ4v) is 2.42. The van der Waals surface area contributed by atoms with Gasteiger partial charge in [0.15, 0.2) is 6.61 Å². The normalized spacial score (nSPS) is 10.5. The maximum atomic E-state index is 12.3. The maximum absolute atomic E-state index is 12.3. The second kappa shape index (κ2) is 7.09. The number of benzene rings is 2. The molecule has 6 nitrogen and oxygen atoms in total. The number of carbonyl (C=O) groups is 2. The Kier molecular flexibility index (Phi) is 4.70. The molecule has 6 heteroatoms. The Labute approximate surface area is 144 Å². The molecule has 0 aliphatic carbocycles. The van der Waals surface area contributed by atoms with Crippen LogP contribution < -0.4 is 5.32 Å². The van der Waals surface area contributed by atoms with Gasteiger partial charge in [-0.15, -0.1) is 0 Å². The number of rotatable bonds is 4. The van der Waals surface area contributed by atoms with Gasteiger partial charge in [0.05, 0.1) is 11.1 Å². The summed E-state index contributed by atoms with van der Waals surface area (Å²) in [5.41, 5.74) is 4.01. The van der Waals surface area contributed by atoms with E-state index in [0.29, 0.717) is 16.7 Å². The predicted molar refractivity (Wildman–Crippen MR) is 94.4 cm³/mol. The number of nitrogens with one attached hydrogen (secondary N) is 1. The van der Waals surface area contributed by atoms with Gasteiger partial charge >= 0.3 is 5.97 Å². The van der Waals surface area contributed by atoms with E-state index in [1.165, 1.54) is 6.20 Å². The van der Waals surface area contributed by atoms with Crippen LogP contribution in [0.3, 0.4) is 0 Å². The van der Waals surface area contributed by atoms with Gasteiger partial charge in [-0.05, 0) is 43.2 Å². The third-order valence-electron chi connectivity index (χ3n) is 3.72. The molecule has 0 aliphatic rings. The van der Waals surface area contributed by atoms with E-state index >= 15 is 0 Å². The highest BCUT2D eigenvalue weighted by Gasteiger charge is 2.15. The summed E-state index contributed by atoms with van der Waals surface area (Å²) >= 11 is 0. The Morgan fingerprint density at radius 1 is 1.08 bits per heavy atom. The number of fused-ring (bicyclic) bond motifs is 1. The largest absolute Gasteiger partial charge is 0.452 e. The Bertz CT molecular complexity index is 948. The highest BCUT2D eigenvalue weighted by molar-refractivity contribution is 6.03. The van der Waals surface area contributed by atoms with E-state index in [9.17, 15) is 9.59 Å². The molecule has 0 bridgehead atoms. The van der Waals surface area contributed by atoms with Gasteiger partial charge in [0.1, 0.15) is 5.52 Å². The van der Waals surface area contributed by atoms with Gasteiger partial charge in [0.25, 0.3) is 5.91 Å². The number of carbonyl (C=O) groups excluding carboxylic acids is 2. The van der Waals surface area contributed by atoms with Crippen molar-refractivity contribution in [1.29, 1.82) is 0 Å². The van der Waals surface area contributed by atoms with Crippen molar-refractivity contribution in [2.24, 2.45) is 0 Å². The van der Waals surface area contributed by atoms with Crippen LogP contribution in [0.15, 0.2) is 48.8 Å². The molecular formula is C19H17N3O3. The van der Waals surface area contributed by atoms with Gasteiger partial charge < -0.3 is 10.1 Å². The second-order valence-electron chi connectivity index (χ2n) is 5.67. The zero-order chi connectivity index (χ0) is 17.8. The first-order chi connectivity index (χ1) is 12.0. The van der Waals surface area contributed by atoms with Crippen LogP contribution in [0.2, 0.25) is 0 Å². The number of anilines is 1. The summed E-state index contributed by atoms with van der Waals surface area (Å²) in [6.07, 6.45) is 3.06. The lowest BCUT2D eigenvalue weighted by Gasteiger charge is -2.10. The standard InChI is InChI=1S/C19H17N3O3/c1-12-6-7-13(2)16(10-12)22-17(23)11-25-19(24)14-4-3-5-15-18(14)21-9-8-20-15/h3-10H,11H2,1-2H3,(H,22,23). The molecule has 3 aromatic rings. The lowest BCUT2D eigenvalue weighted by atomic mass is 10.1. The number of amides is 1. The SMILES string of the molecule is Cc1ccc(C)c(NC(=O)COC(=O)c2cccc3nccnc23)c1. The summed E-state index contributed by atoms with van der Waals surface area (Å²) in [6.45, 7) is 3.47. The number of hydrogen-bond acceptors (Lipinski definition) is 5. The van der Waals surface area contributed by atoms with E-state index in [1.54, 1.807) is 24.4 Å². The fraction of sp³-hybridized carbons (Fsp3) is 0.158. The van der Waals surface area contributed by atoms with Crippen molar-refractivity contribution in [2.45, 2.75) is 13.8 Å². The molecule has 0 fully saturated rings. The van der Waals surface area contributed by atoms with Crippen LogP contribution in [0.5, 0.6) is 0 Å². The molecule has 1 amide bonds. The average molecular weight is 335 g/mol. The molecule has 126 valence electrons. The minimum absolute atomic E-state index is 0.283. The van der Waals surface area contributed by atoms with Gasteiger partial charge in [-0.1, -0.05) is 18.2 Å². The van der Waals surface area contributed by atoms with Crippen molar-refractivity contribution in [1.82, 2.24) is 9.97 Å². The topological polar surface area (TPSA) is 81.2 Å². The number of aromatic nitrogens is 2. The molecule has 0 radical (unpaired) electrons. The van der Waals surface area contributed by atoms with Crippen LogP contribution >= 0.6 is 0 Å². The second-order valence-corrected chi connectivity index (χ2v) is 5.67. The Balaban J connectivity index is 1.67. The molecule has 0 unspecified atom stereocenters. The molecule has 25 heavy (non-hydrogen) atoms. The van der Waals surface area contributed by atoms with Crippen molar-refractivity contribution in [2.75, 3.05) is 11.9 Å². The van der Waals surface area contributed by atoms with Crippen molar-refractivity contribution >= 4 is 28.6 Å². The first kappa shape index (κ1) is 16.6. The molecule has 0 spiro atoms. The molecule has 0 atom stereocenters. The van der Waals surface area contributed by atoms with E-state index in [-0.39, 0.29) is 12.2 Å². The summed E-state index contributed by atoms with van der Waals surface area (Å²) in [5, 5.41) is 2.75. The fourth-order valence-electron chi connectivity index (χ4n) is 2.42. The van der Waals surface area contributed by atoms with Crippen molar-refractivity contribution in [3.63, 3.8) is 0 Å². The van der Waals surface area contributed by atoms with Crippen molar-refractivity contribution in [3.8, 4) is 0 Å². The number of para-hydroxylation sites is 1. The smallest absolute Gasteiger partial charge is 0.340 e. The lowest BCUT2D eigenvalue weighted by Crippen LogP contribution is -2.21. The van der Waals surface area contributed by atoms with E-state index in [1.807, 2.05) is 32.0 Å². The number of nitrogens with zero attached hydrogens (tertiary/aromatic N) is 2. The van der Waals surface area contributed by atoms with Gasteiger partial charge in [-0.25, -0.2) is 4.79 Å². The molecule has 1 N–H and O–H groups in total. The minimum Gasteiger partial charge on any atom is -0.452 e. The molecule has 0 saturated carbocycles. The summed E-state index contributed by atoms with van der Waals surface area (Å²) in [6, 6.07) is 10.8. The van der Waals surface area contributed by atoms with Crippen LogP contribution in [-0.4, -0.2) is 28.5 Å². The highest BCUT2D eigenvalue weighted by atomic mass is 16.5. The van der Waals surface area contributed by atoms with Crippen LogP contribution in [-0.2, 0) is 9.53 Å². The zero-order valence-electron chi connectivity index (χ0n) is 13.9. The van der Waals surface area contributed by atoms with E-state index < -0.39 is 11.9 Å². The average Bonchev–Trinajstić information content (AvgIpc) is 2.62. The first-order valence-corrected chi connectivity index (χ1v) is 7.78. The Hall–Kier alpha value is -3.28. The van der Waals surface area contributed by atoms with E-state index in [2.05, 4.69) is 15.3 Å². The minimum atomic E-state index is -0.609. The summed E-state index contributed by atoms with van der Waals surface area (Å²) in [5.74, 6) is -1.00. The van der Waals surface area contributed by atoms with Crippen LogP contribution in [0.1, 0.15) is 21.5 Å². The number of esters is 1. The summed E-state index contributed by atoms with van der Waals surface area (Å²) in [7, 11) is 0. The van der Waals surface area contributed by atoms with Crippen molar-refractivity contribution in [3.05, 3.63) is 65.5 Å². The number of hydrogen-bond donors (Lipinski definition) is 1. The summed E-state index contributed by atoms with van der Waals surface area (Å²) < 4.78 is 5.12. The van der Waals surface area contributed by atoms with Gasteiger partial charge in [-0.2, -0.15) is 0 Å². The monoisotopic (exact) mass is 335 g/mol. The molecule has 0 aliphatic heterocycles. The van der Waals surface area contributed by atoms with Crippen LogP contribution in [0.25, 0.3) is 11.0 Å². The quantitative estimate of drug-likeness (QED) is 0.741. The van der Waals surface area contributed by atoms with E-state index in [0.717, 1.165) is 11.1 Å². The third-order valence-corrected chi connectivity index (χ3v) is 3.72. The Morgan fingerprint density at radius 3 is 2.72 bits per heavy atom. The lowest BCUT2D eigenvalue weighted by molar-refractivity contribution is -0.119. The Morgan fingerprint density at radius 2 is 1.88 bits per heavy atom. The highest BCUT2D eigenvalue weighted by Crippen LogP contribution is 2.17. The third kappa shape index (κ3) is 3.80. The zero-order valence-corrected chi connectivity index (χ0v) is 13.9. The summed E-state index contributed by atoms with van der Waals surface area (Å²) in [4.78, 5) is 32.6. The number of aryl methyl sites for hydroxylation is 2. The molecular weight excluding hydrogens is 318 g/mol. The van der Waals surface area contributed by atoms with Gasteiger partial charge in [0.2, 0.25) is 0 Å². The predicted octanol–water partition coefficient (Wildman–Crippen LogP) is 3.04. The molecule has 0 saturated heterocycles. The van der Waals surface area contributed by atoms with Crippen LogP contribution in [0, 0.1) is 13.8 Å². The molecule has 1 heterocycles. The molecule has 1 aromatic heterocycles. The van der Waals surface area contributed by atoms with Gasteiger partial charge in [-0.3, -0.25) is 14.8 Å². The molecule has 2 aromatic carbocycles. The maximum Gasteiger partial charge on any atom is 0.340 e. The molecule has 3 rings (SSSR count).